The number of nitrogens with zero attached hydrogens (tertiary/aromatic N) is 5. The van der Waals surface area contributed by atoms with Crippen LogP contribution in [0.25, 0.3) is 22.2 Å². The minimum absolute atomic E-state index is 0.0956. The van der Waals surface area contributed by atoms with Crippen molar-refractivity contribution in [1.29, 1.82) is 0 Å². The van der Waals surface area contributed by atoms with E-state index in [0.717, 1.165) is 18.1 Å². The van der Waals surface area contributed by atoms with Crippen LogP contribution in [0.4, 0.5) is 5.82 Å². The number of thiazole rings is 1. The molecule has 1 aliphatic heterocycles. The fraction of sp³-hybridized carbons (Fsp3) is 0.350. The molecular weight excluding hydrogens is 386 g/mol. The second kappa shape index (κ2) is 8.73. The van der Waals surface area contributed by atoms with Gasteiger partial charge in [0.25, 0.3) is 0 Å². The molecule has 4 heterocycles. The maximum Gasteiger partial charge on any atom is 0.239 e. The number of hydrogen-bond acceptors (Lipinski definition) is 8. The van der Waals surface area contributed by atoms with Gasteiger partial charge in [0, 0.05) is 49.0 Å². The monoisotopic (exact) mass is 409 g/mol. The Labute approximate surface area is 173 Å². The lowest BCUT2D eigenvalue weighted by Gasteiger charge is -2.36. The van der Waals surface area contributed by atoms with Crippen molar-refractivity contribution in [3.05, 3.63) is 42.0 Å². The van der Waals surface area contributed by atoms with Crippen LogP contribution >= 0.6 is 11.3 Å². The van der Waals surface area contributed by atoms with E-state index in [1.54, 1.807) is 18.5 Å². The van der Waals surface area contributed by atoms with Crippen LogP contribution in [0.15, 0.2) is 42.0 Å². The molecule has 4 rings (SSSR count). The van der Waals surface area contributed by atoms with Crippen molar-refractivity contribution >= 4 is 23.1 Å². The molecule has 0 saturated carbocycles. The summed E-state index contributed by atoms with van der Waals surface area (Å²) in [6.45, 7) is 6.28. The summed E-state index contributed by atoms with van der Waals surface area (Å²) in [5, 5.41) is 9.02. The molecule has 3 aromatic heterocycles. The van der Waals surface area contributed by atoms with Crippen molar-refractivity contribution in [1.82, 2.24) is 30.2 Å². The van der Waals surface area contributed by atoms with Gasteiger partial charge in [0.15, 0.2) is 5.82 Å². The number of hydrogen-bond donors (Lipinski definition) is 2. The molecule has 29 heavy (non-hydrogen) atoms. The molecule has 1 aliphatic rings. The first-order valence-electron chi connectivity index (χ1n) is 9.56. The molecule has 8 nitrogen and oxygen atoms in total. The maximum absolute atomic E-state index is 12.7. The summed E-state index contributed by atoms with van der Waals surface area (Å²) < 4.78 is 0. The lowest BCUT2D eigenvalue weighted by atomic mass is 10.1. The van der Waals surface area contributed by atoms with Crippen LogP contribution in [0.2, 0.25) is 0 Å². The Morgan fingerprint density at radius 3 is 2.90 bits per heavy atom. The Morgan fingerprint density at radius 1 is 1.24 bits per heavy atom. The molecule has 2 N–H and O–H groups in total. The van der Waals surface area contributed by atoms with E-state index in [-0.39, 0.29) is 5.91 Å². The Hall–Kier alpha value is -2.75. The van der Waals surface area contributed by atoms with E-state index in [1.165, 1.54) is 11.3 Å². The predicted octanol–water partition coefficient (Wildman–Crippen LogP) is 2.28. The largest absolute Gasteiger partial charge is 0.311 e. The lowest BCUT2D eigenvalue weighted by molar-refractivity contribution is -0.118. The molecule has 0 radical (unpaired) electrons. The van der Waals surface area contributed by atoms with E-state index in [2.05, 4.69) is 49.3 Å². The van der Waals surface area contributed by atoms with Gasteiger partial charge in [-0.3, -0.25) is 14.7 Å². The summed E-state index contributed by atoms with van der Waals surface area (Å²) in [4.78, 5) is 32.7. The van der Waals surface area contributed by atoms with Crippen LogP contribution in [-0.4, -0.2) is 62.5 Å². The first kappa shape index (κ1) is 19.6. The quantitative estimate of drug-likeness (QED) is 0.667. The van der Waals surface area contributed by atoms with Crippen LogP contribution in [0.1, 0.15) is 13.8 Å². The van der Waals surface area contributed by atoms with Gasteiger partial charge in [0.1, 0.15) is 22.2 Å². The van der Waals surface area contributed by atoms with E-state index in [9.17, 15) is 4.79 Å². The zero-order valence-electron chi connectivity index (χ0n) is 16.4. The number of nitrogens with one attached hydrogen (secondary N) is 2. The first-order chi connectivity index (χ1) is 14.1. The number of carbonyl (C=O) groups is 1. The van der Waals surface area contributed by atoms with Gasteiger partial charge in [0.05, 0.1) is 6.54 Å². The van der Waals surface area contributed by atoms with Crippen LogP contribution in [0.3, 0.4) is 0 Å². The Bertz CT molecular complexity index is 964. The third-order valence-electron chi connectivity index (χ3n) is 4.78. The molecule has 2 atom stereocenters. The van der Waals surface area contributed by atoms with Gasteiger partial charge in [-0.15, -0.1) is 11.3 Å². The highest BCUT2D eigenvalue weighted by atomic mass is 32.1. The molecule has 0 bridgehead atoms. The Balaban J connectivity index is 1.57. The summed E-state index contributed by atoms with van der Waals surface area (Å²) in [5.74, 6) is 0.811. The number of rotatable bonds is 5. The number of aromatic nitrogens is 4. The molecule has 3 aromatic rings. The molecular formula is C20H23N7OS. The van der Waals surface area contributed by atoms with Crippen molar-refractivity contribution in [3.8, 4) is 22.2 Å². The highest BCUT2D eigenvalue weighted by molar-refractivity contribution is 7.13. The lowest BCUT2D eigenvalue weighted by Crippen LogP contribution is -2.55. The standard InChI is InChI=1S/C20H23N7OS/c1-13-11-27(14(2)10-23-13)12-18(28)25-17-9-16(20-22-7-8-29-20)24-19(26-17)15-5-3-4-6-21-15/h3-9,13-14,23H,10-12H2,1-2H3,(H,24,25,26,28). The predicted molar refractivity (Wildman–Crippen MR) is 114 cm³/mol. The van der Waals surface area contributed by atoms with Crippen molar-refractivity contribution < 1.29 is 4.79 Å². The average Bonchev–Trinajstić information content (AvgIpc) is 3.26. The summed E-state index contributed by atoms with van der Waals surface area (Å²) in [5.41, 5.74) is 1.31. The van der Waals surface area contributed by atoms with E-state index in [4.69, 9.17) is 0 Å². The Kier molecular flexibility index (Phi) is 5.89. The molecule has 0 spiro atoms. The van der Waals surface area contributed by atoms with Crippen LogP contribution in [0.5, 0.6) is 0 Å². The summed E-state index contributed by atoms with van der Waals surface area (Å²) in [6, 6.07) is 7.99. The molecule has 2 unspecified atom stereocenters. The highest BCUT2D eigenvalue weighted by Crippen LogP contribution is 2.25. The van der Waals surface area contributed by atoms with Gasteiger partial charge in [-0.1, -0.05) is 6.07 Å². The molecule has 1 amide bonds. The minimum Gasteiger partial charge on any atom is -0.311 e. The van der Waals surface area contributed by atoms with Gasteiger partial charge >= 0.3 is 0 Å². The van der Waals surface area contributed by atoms with E-state index in [1.807, 2.05) is 23.6 Å². The van der Waals surface area contributed by atoms with E-state index in [0.29, 0.717) is 41.7 Å². The normalized spacial score (nSPS) is 19.8. The molecule has 0 aromatic carbocycles. The third kappa shape index (κ3) is 4.81. The number of piperazine rings is 1. The summed E-state index contributed by atoms with van der Waals surface area (Å²) >= 11 is 1.49. The fourth-order valence-electron chi connectivity index (χ4n) is 3.26. The van der Waals surface area contributed by atoms with Crippen molar-refractivity contribution in [3.63, 3.8) is 0 Å². The first-order valence-corrected chi connectivity index (χ1v) is 10.4. The van der Waals surface area contributed by atoms with Gasteiger partial charge < -0.3 is 10.6 Å². The topological polar surface area (TPSA) is 95.9 Å². The van der Waals surface area contributed by atoms with Crippen LogP contribution in [-0.2, 0) is 4.79 Å². The van der Waals surface area contributed by atoms with Crippen molar-refractivity contribution in [2.75, 3.05) is 25.0 Å². The van der Waals surface area contributed by atoms with Crippen LogP contribution in [0, 0.1) is 0 Å². The maximum atomic E-state index is 12.7. The summed E-state index contributed by atoms with van der Waals surface area (Å²) in [6.07, 6.45) is 3.42. The molecule has 1 fully saturated rings. The van der Waals surface area contributed by atoms with Crippen molar-refractivity contribution in [2.24, 2.45) is 0 Å². The molecule has 1 saturated heterocycles. The van der Waals surface area contributed by atoms with Gasteiger partial charge in [0.2, 0.25) is 5.91 Å². The number of carbonyl (C=O) groups excluding carboxylic acids is 1. The minimum atomic E-state index is -0.0956. The van der Waals surface area contributed by atoms with Gasteiger partial charge in [-0.2, -0.15) is 0 Å². The second-order valence-electron chi connectivity index (χ2n) is 7.15. The van der Waals surface area contributed by atoms with Gasteiger partial charge in [-0.25, -0.2) is 15.0 Å². The zero-order valence-corrected chi connectivity index (χ0v) is 17.2. The van der Waals surface area contributed by atoms with Crippen LogP contribution < -0.4 is 10.6 Å². The van der Waals surface area contributed by atoms with E-state index < -0.39 is 0 Å². The number of anilines is 1. The zero-order chi connectivity index (χ0) is 20.2. The van der Waals surface area contributed by atoms with Crippen molar-refractivity contribution in [2.45, 2.75) is 25.9 Å². The SMILES string of the molecule is CC1CN(CC(=O)Nc2cc(-c3nccs3)nc(-c3ccccn3)n2)C(C)CN1. The number of amides is 1. The number of pyridine rings is 1. The molecule has 9 heteroatoms. The van der Waals surface area contributed by atoms with E-state index >= 15 is 0 Å². The average molecular weight is 410 g/mol. The molecule has 150 valence electrons. The second-order valence-corrected chi connectivity index (χ2v) is 8.04. The highest BCUT2D eigenvalue weighted by Gasteiger charge is 2.24. The Morgan fingerprint density at radius 2 is 2.14 bits per heavy atom. The van der Waals surface area contributed by atoms with Gasteiger partial charge in [-0.05, 0) is 26.0 Å². The fourth-order valence-corrected chi connectivity index (χ4v) is 3.86. The summed E-state index contributed by atoms with van der Waals surface area (Å²) in [7, 11) is 0. The smallest absolute Gasteiger partial charge is 0.239 e. The third-order valence-corrected chi connectivity index (χ3v) is 5.57. The molecule has 0 aliphatic carbocycles.